The van der Waals surface area contributed by atoms with Crippen LogP contribution in [0.2, 0.25) is 0 Å². The van der Waals surface area contributed by atoms with Gasteiger partial charge in [-0.3, -0.25) is 0 Å². The molecule has 0 bridgehead atoms. The van der Waals surface area contributed by atoms with Gasteiger partial charge in [-0.25, -0.2) is 0 Å². The van der Waals surface area contributed by atoms with E-state index in [1.54, 1.807) is 0 Å². The molecule has 1 unspecified atom stereocenters. The third-order valence-electron chi connectivity index (χ3n) is 2.36. The van der Waals surface area contributed by atoms with Crippen molar-refractivity contribution in [3.63, 3.8) is 0 Å². The average Bonchev–Trinajstić information content (AvgIpc) is 2.80. The summed E-state index contributed by atoms with van der Waals surface area (Å²) in [5.74, 6) is 0.993. The topological polar surface area (TPSA) is 64.9 Å². The third kappa shape index (κ3) is 2.86. The van der Waals surface area contributed by atoms with Crippen molar-refractivity contribution < 1.29 is 4.42 Å². The minimum atomic E-state index is -0.193. The van der Waals surface area contributed by atoms with E-state index in [1.165, 1.54) is 0 Å². The van der Waals surface area contributed by atoms with Crippen LogP contribution in [0, 0.1) is 3.57 Å². The van der Waals surface area contributed by atoms with Crippen LogP contribution in [0.4, 0.5) is 0 Å². The fourth-order valence-corrected chi connectivity index (χ4v) is 2.26. The van der Waals surface area contributed by atoms with Gasteiger partial charge in [0, 0.05) is 8.04 Å². The van der Waals surface area contributed by atoms with Crippen LogP contribution in [0.3, 0.4) is 0 Å². The minimum absolute atomic E-state index is 0.193. The molecule has 17 heavy (non-hydrogen) atoms. The predicted octanol–water partition coefficient (Wildman–Crippen LogP) is 3.51. The molecule has 2 rings (SSSR count). The summed E-state index contributed by atoms with van der Waals surface area (Å²) in [6, 6.07) is 5.72. The van der Waals surface area contributed by atoms with E-state index in [1.807, 2.05) is 25.1 Å². The van der Waals surface area contributed by atoms with Gasteiger partial charge in [0.05, 0.1) is 11.6 Å². The third-order valence-corrected chi connectivity index (χ3v) is 3.79. The van der Waals surface area contributed by atoms with Crippen molar-refractivity contribution in [3.8, 4) is 11.5 Å². The molecular formula is C11H11BrIN3O. The first-order valence-corrected chi connectivity index (χ1v) is 7.03. The molecule has 4 nitrogen and oxygen atoms in total. The molecule has 0 radical (unpaired) electrons. The van der Waals surface area contributed by atoms with Crippen molar-refractivity contribution in [2.75, 3.05) is 0 Å². The largest absolute Gasteiger partial charge is 0.419 e. The van der Waals surface area contributed by atoms with E-state index in [-0.39, 0.29) is 6.04 Å². The maximum Gasteiger partial charge on any atom is 0.248 e. The second-order valence-corrected chi connectivity index (χ2v) is 5.66. The maximum atomic E-state index is 5.85. The monoisotopic (exact) mass is 407 g/mol. The molecule has 6 heteroatoms. The highest BCUT2D eigenvalue weighted by Gasteiger charge is 2.15. The van der Waals surface area contributed by atoms with Gasteiger partial charge in [-0.2, -0.15) is 0 Å². The van der Waals surface area contributed by atoms with Crippen molar-refractivity contribution in [2.24, 2.45) is 5.73 Å². The molecule has 0 aliphatic heterocycles. The Hall–Kier alpha value is -0.470. The summed E-state index contributed by atoms with van der Waals surface area (Å²) in [6.45, 7) is 1.98. The fraction of sp³-hybridized carbons (Fsp3) is 0.273. The molecule has 0 saturated carbocycles. The maximum absolute atomic E-state index is 5.85. The number of hydrogen-bond acceptors (Lipinski definition) is 4. The number of nitrogens with zero attached hydrogens (tertiary/aromatic N) is 2. The molecule has 0 aliphatic rings. The molecule has 1 aromatic heterocycles. The smallest absolute Gasteiger partial charge is 0.248 e. The molecular weight excluding hydrogens is 397 g/mol. The Morgan fingerprint density at radius 3 is 2.94 bits per heavy atom. The number of benzene rings is 1. The minimum Gasteiger partial charge on any atom is -0.419 e. The van der Waals surface area contributed by atoms with Gasteiger partial charge < -0.3 is 10.2 Å². The fourth-order valence-electron chi connectivity index (χ4n) is 1.33. The second-order valence-electron chi connectivity index (χ2n) is 3.58. The summed E-state index contributed by atoms with van der Waals surface area (Å²) >= 11 is 5.66. The molecule has 2 N–H and O–H groups in total. The zero-order chi connectivity index (χ0) is 12.4. The number of halogens is 2. The molecule has 2 aromatic rings. The first-order valence-electron chi connectivity index (χ1n) is 5.16. The highest BCUT2D eigenvalue weighted by molar-refractivity contribution is 14.1. The van der Waals surface area contributed by atoms with Gasteiger partial charge in [0.25, 0.3) is 0 Å². The van der Waals surface area contributed by atoms with E-state index in [0.717, 1.165) is 20.0 Å². The van der Waals surface area contributed by atoms with E-state index < -0.39 is 0 Å². The normalized spacial score (nSPS) is 12.7. The summed E-state index contributed by atoms with van der Waals surface area (Å²) in [5, 5.41) is 8.01. The van der Waals surface area contributed by atoms with Crippen molar-refractivity contribution in [3.05, 3.63) is 32.1 Å². The van der Waals surface area contributed by atoms with Crippen LogP contribution in [0.15, 0.2) is 27.1 Å². The standard InChI is InChI=1S/C11H11BrIN3O/c1-2-9(14)11-16-15-10(17-11)7-5-6(12)3-4-8(7)13/h3-5,9H,2,14H2,1H3. The Kier molecular flexibility index (Phi) is 4.16. The second kappa shape index (κ2) is 5.45. The molecule has 1 aromatic carbocycles. The van der Waals surface area contributed by atoms with Crippen molar-refractivity contribution in [1.29, 1.82) is 0 Å². The first kappa shape index (κ1) is 13.0. The first-order chi connectivity index (χ1) is 8.11. The Bertz CT molecular complexity index is 529. The molecule has 1 atom stereocenters. The highest BCUT2D eigenvalue weighted by Crippen LogP contribution is 2.28. The number of aromatic nitrogens is 2. The summed E-state index contributed by atoms with van der Waals surface area (Å²) in [7, 11) is 0. The number of hydrogen-bond donors (Lipinski definition) is 1. The van der Waals surface area contributed by atoms with Crippen molar-refractivity contribution in [1.82, 2.24) is 10.2 Å². The van der Waals surface area contributed by atoms with Gasteiger partial charge in [0.2, 0.25) is 11.8 Å². The van der Waals surface area contributed by atoms with E-state index in [2.05, 4.69) is 48.7 Å². The lowest BCUT2D eigenvalue weighted by Gasteiger charge is -2.02. The molecule has 0 fully saturated rings. The quantitative estimate of drug-likeness (QED) is 0.790. The summed E-state index contributed by atoms with van der Waals surface area (Å²) in [6.07, 6.45) is 0.775. The van der Waals surface area contributed by atoms with Crippen LogP contribution in [0.1, 0.15) is 25.3 Å². The SMILES string of the molecule is CCC(N)c1nnc(-c2cc(Br)ccc2I)o1. The Morgan fingerprint density at radius 2 is 2.24 bits per heavy atom. The molecule has 0 aliphatic carbocycles. The van der Waals surface area contributed by atoms with Crippen molar-refractivity contribution >= 4 is 38.5 Å². The Morgan fingerprint density at radius 1 is 1.47 bits per heavy atom. The lowest BCUT2D eigenvalue weighted by atomic mass is 10.2. The molecule has 1 heterocycles. The van der Waals surface area contributed by atoms with Gasteiger partial charge in [-0.15, -0.1) is 10.2 Å². The molecule has 90 valence electrons. The van der Waals surface area contributed by atoms with Gasteiger partial charge in [-0.1, -0.05) is 22.9 Å². The summed E-state index contributed by atoms with van der Waals surface area (Å²) in [5.41, 5.74) is 6.76. The van der Waals surface area contributed by atoms with Crippen LogP contribution in [-0.4, -0.2) is 10.2 Å². The summed E-state index contributed by atoms with van der Waals surface area (Å²) in [4.78, 5) is 0. The Balaban J connectivity index is 2.40. The highest BCUT2D eigenvalue weighted by atomic mass is 127. The lowest BCUT2D eigenvalue weighted by molar-refractivity contribution is 0.452. The molecule has 0 spiro atoms. The number of nitrogens with two attached hydrogens (primary N) is 1. The van der Waals surface area contributed by atoms with Gasteiger partial charge >= 0.3 is 0 Å². The number of rotatable bonds is 3. The lowest BCUT2D eigenvalue weighted by Crippen LogP contribution is -2.08. The van der Waals surface area contributed by atoms with Crippen LogP contribution in [0.25, 0.3) is 11.5 Å². The average molecular weight is 408 g/mol. The van der Waals surface area contributed by atoms with Gasteiger partial charge in [0.1, 0.15) is 0 Å². The van der Waals surface area contributed by atoms with Crippen molar-refractivity contribution in [2.45, 2.75) is 19.4 Å². The predicted molar refractivity (Wildman–Crippen MR) is 77.4 cm³/mol. The summed E-state index contributed by atoms with van der Waals surface area (Å²) < 4.78 is 7.63. The molecule has 0 saturated heterocycles. The van der Waals surface area contributed by atoms with Crippen LogP contribution in [0.5, 0.6) is 0 Å². The van der Waals surface area contributed by atoms with Gasteiger partial charge in [-0.05, 0) is 47.2 Å². The molecule has 0 amide bonds. The van der Waals surface area contributed by atoms with Crippen LogP contribution >= 0.6 is 38.5 Å². The zero-order valence-corrected chi connectivity index (χ0v) is 12.9. The van der Waals surface area contributed by atoms with Gasteiger partial charge in [0.15, 0.2) is 0 Å². The van der Waals surface area contributed by atoms with E-state index in [9.17, 15) is 0 Å². The van der Waals surface area contributed by atoms with E-state index >= 15 is 0 Å². The van der Waals surface area contributed by atoms with Crippen LogP contribution in [-0.2, 0) is 0 Å². The van der Waals surface area contributed by atoms with E-state index in [4.69, 9.17) is 10.2 Å². The van der Waals surface area contributed by atoms with E-state index in [0.29, 0.717) is 11.8 Å². The van der Waals surface area contributed by atoms with Crippen LogP contribution < -0.4 is 5.73 Å². The Labute approximate surface area is 121 Å². The zero-order valence-electron chi connectivity index (χ0n) is 9.15.